The van der Waals surface area contributed by atoms with Gasteiger partial charge in [-0.2, -0.15) is 0 Å². The summed E-state index contributed by atoms with van der Waals surface area (Å²) in [6.45, 7) is 7.21. The van der Waals surface area contributed by atoms with Gasteiger partial charge in [0.1, 0.15) is 5.75 Å². The van der Waals surface area contributed by atoms with Gasteiger partial charge in [-0.05, 0) is 36.2 Å². The molecule has 1 aliphatic heterocycles. The molecule has 0 radical (unpaired) electrons. The molecule has 0 spiro atoms. The number of piperazine rings is 1. The van der Waals surface area contributed by atoms with Gasteiger partial charge in [-0.3, -0.25) is 9.69 Å². The lowest BCUT2D eigenvalue weighted by Crippen LogP contribution is -2.48. The minimum atomic E-state index is 0.115. The molecule has 3 rings (SSSR count). The number of carbonyl (C=O) groups excluding carboxylic acids is 1. The van der Waals surface area contributed by atoms with E-state index in [1.165, 1.54) is 5.56 Å². The minimum Gasteiger partial charge on any atom is -0.494 e. The van der Waals surface area contributed by atoms with E-state index in [1.54, 1.807) is 0 Å². The highest BCUT2D eigenvalue weighted by atomic mass is 16.5. The largest absolute Gasteiger partial charge is 0.494 e. The van der Waals surface area contributed by atoms with Crippen LogP contribution >= 0.6 is 0 Å². The normalized spacial score (nSPS) is 15.0. The Kier molecular flexibility index (Phi) is 6.67. The predicted octanol–water partition coefficient (Wildman–Crippen LogP) is 3.82. The van der Waals surface area contributed by atoms with Gasteiger partial charge >= 0.3 is 0 Å². The summed E-state index contributed by atoms with van der Waals surface area (Å²) >= 11 is 0. The van der Waals surface area contributed by atoms with Crippen molar-refractivity contribution < 1.29 is 9.53 Å². The molecule has 0 unspecified atom stereocenters. The molecule has 2 aromatic rings. The Morgan fingerprint density at radius 2 is 1.65 bits per heavy atom. The summed E-state index contributed by atoms with van der Waals surface area (Å²) in [5.41, 5.74) is 2.07. The van der Waals surface area contributed by atoms with Gasteiger partial charge in [-0.1, -0.05) is 43.7 Å². The quantitative estimate of drug-likeness (QED) is 0.710. The second-order valence-corrected chi connectivity index (χ2v) is 6.78. The number of nitrogens with zero attached hydrogens (tertiary/aromatic N) is 2. The Hall–Kier alpha value is -2.33. The van der Waals surface area contributed by atoms with Gasteiger partial charge in [0, 0.05) is 38.3 Å². The minimum absolute atomic E-state index is 0.115. The van der Waals surface area contributed by atoms with E-state index >= 15 is 0 Å². The van der Waals surface area contributed by atoms with Gasteiger partial charge in [0.05, 0.1) is 6.61 Å². The lowest BCUT2D eigenvalue weighted by Gasteiger charge is -2.34. The van der Waals surface area contributed by atoms with Crippen molar-refractivity contribution in [3.05, 3.63) is 65.7 Å². The number of benzene rings is 2. The van der Waals surface area contributed by atoms with Crippen molar-refractivity contribution in [1.29, 1.82) is 0 Å². The Labute approximate surface area is 156 Å². The van der Waals surface area contributed by atoms with Gasteiger partial charge in [-0.25, -0.2) is 0 Å². The van der Waals surface area contributed by atoms with Crippen LogP contribution in [-0.2, 0) is 6.54 Å². The number of ether oxygens (including phenoxy) is 1. The number of rotatable bonds is 7. The molecule has 0 saturated carbocycles. The van der Waals surface area contributed by atoms with E-state index < -0.39 is 0 Å². The highest BCUT2D eigenvalue weighted by Crippen LogP contribution is 2.16. The number of unbranched alkanes of at least 4 members (excludes halogenated alkanes) is 1. The third kappa shape index (κ3) is 5.09. The SMILES string of the molecule is CCCCOc1ccc(C(=O)N2CCN(Cc3ccccc3)CC2)cc1. The van der Waals surface area contributed by atoms with E-state index in [0.29, 0.717) is 0 Å². The molecule has 1 heterocycles. The summed E-state index contributed by atoms with van der Waals surface area (Å²) in [6.07, 6.45) is 2.17. The van der Waals surface area contributed by atoms with Crippen molar-refractivity contribution in [1.82, 2.24) is 9.80 Å². The standard InChI is InChI=1S/C22H28N2O2/c1-2-3-17-26-21-11-9-20(10-12-21)22(25)24-15-13-23(14-16-24)18-19-7-5-4-6-8-19/h4-12H,2-3,13-18H2,1H3. The first-order valence-electron chi connectivity index (χ1n) is 9.54. The molecule has 26 heavy (non-hydrogen) atoms. The molecule has 0 aliphatic carbocycles. The highest BCUT2D eigenvalue weighted by molar-refractivity contribution is 5.94. The molecule has 4 heteroatoms. The van der Waals surface area contributed by atoms with Crippen molar-refractivity contribution in [2.24, 2.45) is 0 Å². The molecule has 0 aromatic heterocycles. The Balaban J connectivity index is 1.48. The van der Waals surface area contributed by atoms with Gasteiger partial charge in [0.15, 0.2) is 0 Å². The summed E-state index contributed by atoms with van der Waals surface area (Å²) < 4.78 is 5.67. The van der Waals surface area contributed by atoms with Crippen molar-refractivity contribution in [2.75, 3.05) is 32.8 Å². The van der Waals surface area contributed by atoms with Gasteiger partial charge in [0.2, 0.25) is 0 Å². The van der Waals surface area contributed by atoms with Gasteiger partial charge in [0.25, 0.3) is 5.91 Å². The van der Waals surface area contributed by atoms with Crippen molar-refractivity contribution in [2.45, 2.75) is 26.3 Å². The molecule has 1 saturated heterocycles. The first-order valence-corrected chi connectivity index (χ1v) is 9.54. The average molecular weight is 352 g/mol. The Morgan fingerprint density at radius 3 is 2.31 bits per heavy atom. The maximum atomic E-state index is 12.7. The molecular weight excluding hydrogens is 324 g/mol. The Morgan fingerprint density at radius 1 is 0.962 bits per heavy atom. The first kappa shape index (κ1) is 18.5. The average Bonchev–Trinajstić information content (AvgIpc) is 2.70. The van der Waals surface area contributed by atoms with Crippen LogP contribution in [0.15, 0.2) is 54.6 Å². The number of amides is 1. The molecule has 2 aromatic carbocycles. The number of hydrogen-bond acceptors (Lipinski definition) is 3. The number of hydrogen-bond donors (Lipinski definition) is 0. The summed E-state index contributed by atoms with van der Waals surface area (Å²) in [5, 5.41) is 0. The van der Waals surface area contributed by atoms with E-state index in [-0.39, 0.29) is 5.91 Å². The zero-order chi connectivity index (χ0) is 18.2. The Bertz CT molecular complexity index is 677. The maximum Gasteiger partial charge on any atom is 0.253 e. The van der Waals surface area contributed by atoms with Gasteiger partial charge in [-0.15, -0.1) is 0 Å². The van der Waals surface area contributed by atoms with Crippen molar-refractivity contribution >= 4 is 5.91 Å². The van der Waals surface area contributed by atoms with Crippen LogP contribution in [0.2, 0.25) is 0 Å². The number of carbonyl (C=O) groups is 1. The molecule has 0 atom stereocenters. The van der Waals surface area contributed by atoms with Crippen molar-refractivity contribution in [3.8, 4) is 5.75 Å². The van der Waals surface area contributed by atoms with Crippen LogP contribution in [0.3, 0.4) is 0 Å². The van der Waals surface area contributed by atoms with Gasteiger partial charge < -0.3 is 9.64 Å². The third-order valence-electron chi connectivity index (χ3n) is 4.78. The van der Waals surface area contributed by atoms with Crippen LogP contribution < -0.4 is 4.74 Å². The van der Waals surface area contributed by atoms with Crippen LogP contribution in [0, 0.1) is 0 Å². The van der Waals surface area contributed by atoms with Crippen LogP contribution in [0.25, 0.3) is 0 Å². The molecule has 1 aliphatic rings. The van der Waals surface area contributed by atoms with Crippen molar-refractivity contribution in [3.63, 3.8) is 0 Å². The first-order chi connectivity index (χ1) is 12.8. The topological polar surface area (TPSA) is 32.8 Å². The molecule has 4 nitrogen and oxygen atoms in total. The molecule has 138 valence electrons. The monoisotopic (exact) mass is 352 g/mol. The maximum absolute atomic E-state index is 12.7. The fourth-order valence-electron chi connectivity index (χ4n) is 3.16. The summed E-state index contributed by atoms with van der Waals surface area (Å²) in [5.74, 6) is 0.951. The second-order valence-electron chi connectivity index (χ2n) is 6.78. The summed E-state index contributed by atoms with van der Waals surface area (Å²) in [4.78, 5) is 17.1. The smallest absolute Gasteiger partial charge is 0.253 e. The van der Waals surface area contributed by atoms with Crippen LogP contribution in [0.4, 0.5) is 0 Å². The second kappa shape index (κ2) is 9.39. The summed E-state index contributed by atoms with van der Waals surface area (Å²) in [6, 6.07) is 18.0. The molecule has 0 N–H and O–H groups in total. The van der Waals surface area contributed by atoms with Crippen LogP contribution in [0.1, 0.15) is 35.7 Å². The highest BCUT2D eigenvalue weighted by Gasteiger charge is 2.22. The van der Waals surface area contributed by atoms with E-state index in [0.717, 1.165) is 63.5 Å². The lowest BCUT2D eigenvalue weighted by molar-refractivity contribution is 0.0628. The van der Waals surface area contributed by atoms with Crippen LogP contribution in [-0.4, -0.2) is 48.5 Å². The molecule has 1 amide bonds. The van der Waals surface area contributed by atoms with Crippen LogP contribution in [0.5, 0.6) is 5.75 Å². The van der Waals surface area contributed by atoms with E-state index in [4.69, 9.17) is 4.74 Å². The summed E-state index contributed by atoms with van der Waals surface area (Å²) in [7, 11) is 0. The van der Waals surface area contributed by atoms with E-state index in [9.17, 15) is 4.79 Å². The fourth-order valence-corrected chi connectivity index (χ4v) is 3.16. The fraction of sp³-hybridized carbons (Fsp3) is 0.409. The molecule has 0 bridgehead atoms. The lowest BCUT2D eigenvalue weighted by atomic mass is 10.1. The third-order valence-corrected chi connectivity index (χ3v) is 4.78. The zero-order valence-electron chi connectivity index (χ0n) is 15.6. The molecule has 1 fully saturated rings. The molecular formula is C22H28N2O2. The van der Waals surface area contributed by atoms with E-state index in [1.807, 2.05) is 35.2 Å². The zero-order valence-corrected chi connectivity index (χ0v) is 15.6. The predicted molar refractivity (Wildman–Crippen MR) is 104 cm³/mol. The van der Waals surface area contributed by atoms with E-state index in [2.05, 4.69) is 36.1 Å².